The van der Waals surface area contributed by atoms with Gasteiger partial charge in [-0.3, -0.25) is 14.6 Å². The number of nitrogens with one attached hydrogen (secondary N) is 3. The molecule has 1 aliphatic carbocycles. The number of primary amides is 1. The lowest BCUT2D eigenvalue weighted by Gasteiger charge is -2.14. The summed E-state index contributed by atoms with van der Waals surface area (Å²) in [4.78, 5) is 39.9. The van der Waals surface area contributed by atoms with Gasteiger partial charge in [-0.2, -0.15) is 0 Å². The van der Waals surface area contributed by atoms with Crippen molar-refractivity contribution in [2.75, 3.05) is 19.0 Å². The fourth-order valence-electron chi connectivity index (χ4n) is 3.21. The van der Waals surface area contributed by atoms with Crippen molar-refractivity contribution in [3.8, 4) is 17.2 Å². The fourth-order valence-corrected chi connectivity index (χ4v) is 3.42. The second-order valence-electron chi connectivity index (χ2n) is 7.64. The quantitative estimate of drug-likeness (QED) is 0.387. The summed E-state index contributed by atoms with van der Waals surface area (Å²) < 4.78 is 11.3. The molecule has 0 bridgehead atoms. The summed E-state index contributed by atoms with van der Waals surface area (Å²) in [5, 5.41) is 8.82. The highest BCUT2D eigenvalue weighted by Crippen LogP contribution is 2.35. The van der Waals surface area contributed by atoms with E-state index in [4.69, 9.17) is 26.8 Å². The Labute approximate surface area is 199 Å². The Morgan fingerprint density at radius 1 is 1.15 bits per heavy atom. The number of carbonyl (C=O) groups is 3. The van der Waals surface area contributed by atoms with Gasteiger partial charge in [-0.1, -0.05) is 11.6 Å². The van der Waals surface area contributed by atoms with Crippen molar-refractivity contribution in [2.24, 2.45) is 5.73 Å². The highest BCUT2D eigenvalue weighted by atomic mass is 35.5. The zero-order chi connectivity index (χ0) is 24.2. The van der Waals surface area contributed by atoms with Gasteiger partial charge in [0.1, 0.15) is 17.2 Å². The number of ether oxygens (including phenoxy) is 2. The predicted octanol–water partition coefficient (Wildman–Crippen LogP) is 3.19. The molecule has 1 aliphatic rings. The van der Waals surface area contributed by atoms with Crippen molar-refractivity contribution in [3.05, 3.63) is 53.2 Å². The molecule has 10 nitrogen and oxygen atoms in total. The number of methoxy groups -OCH3 is 1. The zero-order valence-electron chi connectivity index (χ0n) is 18.2. The fraction of sp³-hybridized carbons (Fsp3) is 0.217. The van der Waals surface area contributed by atoms with Crippen LogP contribution in [0.2, 0.25) is 5.02 Å². The summed E-state index contributed by atoms with van der Waals surface area (Å²) in [5.74, 6) is -0.0861. The van der Waals surface area contributed by atoms with Crippen LogP contribution in [0.15, 0.2) is 42.6 Å². The van der Waals surface area contributed by atoms with Crippen molar-refractivity contribution < 1.29 is 23.9 Å². The van der Waals surface area contributed by atoms with Crippen LogP contribution in [0.4, 0.5) is 10.5 Å². The van der Waals surface area contributed by atoms with Gasteiger partial charge in [0.2, 0.25) is 5.91 Å². The Hall–Kier alpha value is -4.05. The topological polar surface area (TPSA) is 145 Å². The van der Waals surface area contributed by atoms with Crippen LogP contribution >= 0.6 is 11.6 Å². The summed E-state index contributed by atoms with van der Waals surface area (Å²) in [6.45, 7) is -0.312. The normalized spacial score (nSPS) is 12.6. The molecule has 0 radical (unpaired) electrons. The molecule has 0 atom stereocenters. The number of anilines is 1. The van der Waals surface area contributed by atoms with Crippen molar-refractivity contribution in [2.45, 2.75) is 18.9 Å². The molecule has 1 aromatic heterocycles. The molecular formula is C23H22ClN5O5. The smallest absolute Gasteiger partial charge is 0.319 e. The van der Waals surface area contributed by atoms with Gasteiger partial charge in [-0.15, -0.1) is 0 Å². The third kappa shape index (κ3) is 5.46. The number of nitrogens with zero attached hydrogens (tertiary/aromatic N) is 1. The summed E-state index contributed by atoms with van der Waals surface area (Å²) in [5.41, 5.74) is 6.28. The van der Waals surface area contributed by atoms with Gasteiger partial charge in [0.15, 0.2) is 0 Å². The van der Waals surface area contributed by atoms with Gasteiger partial charge < -0.3 is 31.2 Å². The Morgan fingerprint density at radius 2 is 1.94 bits per heavy atom. The number of pyridine rings is 1. The summed E-state index contributed by atoms with van der Waals surface area (Å²) in [7, 11) is 1.43. The molecule has 4 rings (SSSR count). The maximum atomic E-state index is 12.6. The Kier molecular flexibility index (Phi) is 6.69. The highest BCUT2D eigenvalue weighted by molar-refractivity contribution is 6.33. The molecule has 0 aliphatic heterocycles. The minimum atomic E-state index is -0.668. The lowest BCUT2D eigenvalue weighted by atomic mass is 10.1. The highest BCUT2D eigenvalue weighted by Gasteiger charge is 2.23. The lowest BCUT2D eigenvalue weighted by Crippen LogP contribution is -2.33. The number of urea groups is 1. The first-order chi connectivity index (χ1) is 16.3. The number of carbonyl (C=O) groups excluding carboxylic acids is 3. The van der Waals surface area contributed by atoms with Gasteiger partial charge in [0.05, 0.1) is 35.4 Å². The SMILES string of the molecule is COc1cc2nccc(Oc3ccc(NC(=O)NC4CC4)c(Cl)c3)c2cc1C(=O)NCC(N)=O. The third-order valence-corrected chi connectivity index (χ3v) is 5.33. The van der Waals surface area contributed by atoms with E-state index in [1.807, 2.05) is 0 Å². The molecular weight excluding hydrogens is 462 g/mol. The molecule has 1 fully saturated rings. The van der Waals surface area contributed by atoms with Crippen LogP contribution in [0, 0.1) is 0 Å². The Morgan fingerprint density at radius 3 is 2.62 bits per heavy atom. The third-order valence-electron chi connectivity index (χ3n) is 5.02. The Bertz CT molecular complexity index is 1280. The number of amides is 4. The molecule has 3 aromatic rings. The van der Waals surface area contributed by atoms with E-state index < -0.39 is 11.8 Å². The average molecular weight is 484 g/mol. The summed E-state index contributed by atoms with van der Waals surface area (Å²) in [6.07, 6.45) is 3.52. The van der Waals surface area contributed by atoms with Crippen molar-refractivity contribution in [3.63, 3.8) is 0 Å². The minimum absolute atomic E-state index is 0.188. The van der Waals surface area contributed by atoms with Crippen LogP contribution in [0.3, 0.4) is 0 Å². The zero-order valence-corrected chi connectivity index (χ0v) is 18.9. The second kappa shape index (κ2) is 9.84. The second-order valence-corrected chi connectivity index (χ2v) is 8.05. The molecule has 34 heavy (non-hydrogen) atoms. The molecule has 11 heteroatoms. The van der Waals surface area contributed by atoms with Crippen molar-refractivity contribution in [1.82, 2.24) is 15.6 Å². The van der Waals surface area contributed by atoms with Crippen LogP contribution in [-0.4, -0.2) is 42.5 Å². The molecule has 4 amide bonds. The van der Waals surface area contributed by atoms with E-state index >= 15 is 0 Å². The molecule has 176 valence electrons. The number of aromatic nitrogens is 1. The van der Waals surface area contributed by atoms with Gasteiger partial charge in [0.25, 0.3) is 5.91 Å². The van der Waals surface area contributed by atoms with Crippen LogP contribution in [0.1, 0.15) is 23.2 Å². The van der Waals surface area contributed by atoms with Gasteiger partial charge in [0, 0.05) is 29.8 Å². The van der Waals surface area contributed by atoms with Crippen LogP contribution in [-0.2, 0) is 4.79 Å². The van der Waals surface area contributed by atoms with Crippen LogP contribution in [0.5, 0.6) is 17.2 Å². The number of fused-ring (bicyclic) bond motifs is 1. The summed E-state index contributed by atoms with van der Waals surface area (Å²) in [6, 6.07) is 9.59. The first-order valence-corrected chi connectivity index (χ1v) is 10.8. The molecule has 0 saturated heterocycles. The number of benzene rings is 2. The molecule has 0 unspecified atom stereocenters. The first-order valence-electron chi connectivity index (χ1n) is 10.4. The largest absolute Gasteiger partial charge is 0.496 e. The molecule has 5 N–H and O–H groups in total. The maximum Gasteiger partial charge on any atom is 0.319 e. The van der Waals surface area contributed by atoms with Gasteiger partial charge in [-0.05, 0) is 37.1 Å². The first kappa shape index (κ1) is 23.1. The lowest BCUT2D eigenvalue weighted by molar-refractivity contribution is -0.117. The maximum absolute atomic E-state index is 12.6. The molecule has 1 heterocycles. The Balaban J connectivity index is 1.59. The van der Waals surface area contributed by atoms with Gasteiger partial charge in [-0.25, -0.2) is 4.79 Å². The van der Waals surface area contributed by atoms with E-state index in [1.165, 1.54) is 7.11 Å². The monoisotopic (exact) mass is 483 g/mol. The van der Waals surface area contributed by atoms with Gasteiger partial charge >= 0.3 is 6.03 Å². The van der Waals surface area contributed by atoms with E-state index in [2.05, 4.69) is 20.9 Å². The molecule has 0 spiro atoms. The number of rotatable bonds is 8. The van der Waals surface area contributed by atoms with Crippen LogP contribution in [0.25, 0.3) is 10.9 Å². The number of hydrogen-bond acceptors (Lipinski definition) is 6. The van der Waals surface area contributed by atoms with Crippen molar-refractivity contribution in [1.29, 1.82) is 0 Å². The van der Waals surface area contributed by atoms with Crippen LogP contribution < -0.4 is 31.2 Å². The van der Waals surface area contributed by atoms with E-state index in [1.54, 1.807) is 42.6 Å². The average Bonchev–Trinajstić information content (AvgIpc) is 3.62. The summed E-state index contributed by atoms with van der Waals surface area (Å²) >= 11 is 6.33. The van der Waals surface area contributed by atoms with Crippen molar-refractivity contribution >= 4 is 46.0 Å². The predicted molar refractivity (Wildman–Crippen MR) is 127 cm³/mol. The number of hydrogen-bond donors (Lipinski definition) is 4. The van der Waals surface area contributed by atoms with E-state index in [9.17, 15) is 14.4 Å². The van der Waals surface area contributed by atoms with E-state index in [0.29, 0.717) is 33.1 Å². The molecule has 2 aromatic carbocycles. The number of halogens is 1. The van der Waals surface area contributed by atoms with E-state index in [0.717, 1.165) is 12.8 Å². The number of nitrogens with two attached hydrogens (primary N) is 1. The minimum Gasteiger partial charge on any atom is -0.496 e. The van der Waals surface area contributed by atoms with E-state index in [-0.39, 0.29) is 29.9 Å². The standard InChI is InChI=1S/C23H22ClN5O5/c1-33-20-10-18-14(9-15(20)22(31)27-11-21(25)30)19(6-7-26-18)34-13-4-5-17(16(24)8-13)29-23(32)28-12-2-3-12/h4-10,12H,2-3,11H2,1H3,(H2,25,30)(H,27,31)(H2,28,29,32). The molecule has 1 saturated carbocycles.